The van der Waals surface area contributed by atoms with E-state index in [1.165, 1.54) is 0 Å². The molecule has 1 aromatic heterocycles. The molecule has 0 fully saturated rings. The maximum absolute atomic E-state index is 12.1. The number of pyridine rings is 1. The summed E-state index contributed by atoms with van der Waals surface area (Å²) in [5, 5.41) is 2.83. The van der Waals surface area contributed by atoms with Gasteiger partial charge in [-0.25, -0.2) is 0 Å². The Hall–Kier alpha value is -1.88. The number of benzene rings is 1. The normalized spacial score (nSPS) is 10.2. The number of unbranched alkanes of at least 4 members (excludes halogenated alkanes) is 1. The maximum atomic E-state index is 12.1. The number of anilines is 1. The number of ether oxygens (including phenoxy) is 1. The first-order valence-corrected chi connectivity index (χ1v) is 7.63. The van der Waals surface area contributed by atoms with Gasteiger partial charge in [-0.3, -0.25) is 9.78 Å². The fourth-order valence-corrected chi connectivity index (χ4v) is 2.06. The SMILES string of the molecule is CCCCOc1ccc(C(=O)Nc2ccncc2Br)cc1. The van der Waals surface area contributed by atoms with Gasteiger partial charge in [-0.15, -0.1) is 0 Å². The minimum atomic E-state index is -0.165. The third-order valence-corrected chi connectivity index (χ3v) is 3.54. The van der Waals surface area contributed by atoms with Crippen molar-refractivity contribution in [2.24, 2.45) is 0 Å². The van der Waals surface area contributed by atoms with Gasteiger partial charge in [0.15, 0.2) is 0 Å². The van der Waals surface area contributed by atoms with Gasteiger partial charge in [-0.1, -0.05) is 13.3 Å². The fourth-order valence-electron chi connectivity index (χ4n) is 1.71. The van der Waals surface area contributed by atoms with Gasteiger partial charge in [0.1, 0.15) is 5.75 Å². The van der Waals surface area contributed by atoms with Crippen molar-refractivity contribution in [3.05, 3.63) is 52.8 Å². The second-order valence-corrected chi connectivity index (χ2v) is 5.39. The highest BCUT2D eigenvalue weighted by Crippen LogP contribution is 2.21. The number of hydrogen-bond acceptors (Lipinski definition) is 3. The molecule has 2 rings (SSSR count). The summed E-state index contributed by atoms with van der Waals surface area (Å²) in [6.45, 7) is 2.82. The van der Waals surface area contributed by atoms with Crippen LogP contribution in [-0.4, -0.2) is 17.5 Å². The molecule has 0 spiro atoms. The van der Waals surface area contributed by atoms with Crippen LogP contribution in [0.3, 0.4) is 0 Å². The summed E-state index contributed by atoms with van der Waals surface area (Å²) in [6.07, 6.45) is 5.39. The van der Waals surface area contributed by atoms with Crippen LogP contribution in [0.2, 0.25) is 0 Å². The van der Waals surface area contributed by atoms with Crippen molar-refractivity contribution in [3.63, 3.8) is 0 Å². The van der Waals surface area contributed by atoms with E-state index in [9.17, 15) is 4.79 Å². The maximum Gasteiger partial charge on any atom is 0.255 e. The minimum Gasteiger partial charge on any atom is -0.494 e. The summed E-state index contributed by atoms with van der Waals surface area (Å²) >= 11 is 3.35. The molecule has 2 aromatic rings. The summed E-state index contributed by atoms with van der Waals surface area (Å²) < 4.78 is 6.32. The third-order valence-electron chi connectivity index (χ3n) is 2.90. The Balaban J connectivity index is 1.98. The molecular weight excluding hydrogens is 332 g/mol. The number of amides is 1. The molecule has 0 saturated heterocycles. The molecule has 0 radical (unpaired) electrons. The Morgan fingerprint density at radius 3 is 2.71 bits per heavy atom. The second kappa shape index (κ2) is 7.78. The molecule has 0 saturated carbocycles. The van der Waals surface area contributed by atoms with E-state index < -0.39 is 0 Å². The number of nitrogens with zero attached hydrogens (tertiary/aromatic N) is 1. The zero-order chi connectivity index (χ0) is 15.1. The van der Waals surface area contributed by atoms with E-state index >= 15 is 0 Å². The molecule has 5 heteroatoms. The molecule has 110 valence electrons. The van der Waals surface area contributed by atoms with Crippen LogP contribution in [-0.2, 0) is 0 Å². The molecule has 0 atom stereocenters. The van der Waals surface area contributed by atoms with Crippen molar-refractivity contribution in [1.29, 1.82) is 0 Å². The molecule has 1 amide bonds. The minimum absolute atomic E-state index is 0.165. The third kappa shape index (κ3) is 4.56. The van der Waals surface area contributed by atoms with Crippen LogP contribution >= 0.6 is 15.9 Å². The first-order chi connectivity index (χ1) is 10.2. The van der Waals surface area contributed by atoms with Gasteiger partial charge < -0.3 is 10.1 Å². The summed E-state index contributed by atoms with van der Waals surface area (Å²) in [6, 6.07) is 8.87. The van der Waals surface area contributed by atoms with Crippen molar-refractivity contribution in [2.75, 3.05) is 11.9 Å². The first kappa shape index (κ1) is 15.5. The molecule has 21 heavy (non-hydrogen) atoms. The molecule has 0 aliphatic heterocycles. The molecule has 1 N–H and O–H groups in total. The van der Waals surface area contributed by atoms with E-state index in [1.807, 2.05) is 12.1 Å². The van der Waals surface area contributed by atoms with Crippen molar-refractivity contribution in [1.82, 2.24) is 4.98 Å². The van der Waals surface area contributed by atoms with Crippen LogP contribution in [0.1, 0.15) is 30.1 Å². The van der Waals surface area contributed by atoms with Crippen molar-refractivity contribution in [2.45, 2.75) is 19.8 Å². The highest BCUT2D eigenvalue weighted by molar-refractivity contribution is 9.10. The number of aromatic nitrogens is 1. The van der Waals surface area contributed by atoms with Crippen LogP contribution in [0.15, 0.2) is 47.2 Å². The van der Waals surface area contributed by atoms with Crippen LogP contribution in [0.4, 0.5) is 5.69 Å². The zero-order valence-corrected chi connectivity index (χ0v) is 13.4. The zero-order valence-electron chi connectivity index (χ0n) is 11.8. The van der Waals surface area contributed by atoms with Crippen molar-refractivity contribution >= 4 is 27.5 Å². The topological polar surface area (TPSA) is 51.2 Å². The van der Waals surface area contributed by atoms with E-state index in [-0.39, 0.29) is 5.91 Å². The lowest BCUT2D eigenvalue weighted by atomic mass is 10.2. The predicted octanol–water partition coefficient (Wildman–Crippen LogP) is 4.28. The monoisotopic (exact) mass is 348 g/mol. The fraction of sp³-hybridized carbons (Fsp3) is 0.250. The van der Waals surface area contributed by atoms with E-state index in [1.54, 1.807) is 30.6 Å². The Bertz CT molecular complexity index is 599. The van der Waals surface area contributed by atoms with Gasteiger partial charge in [-0.2, -0.15) is 0 Å². The molecule has 0 aliphatic rings. The first-order valence-electron chi connectivity index (χ1n) is 6.84. The van der Waals surface area contributed by atoms with Gasteiger partial charge >= 0.3 is 0 Å². The smallest absolute Gasteiger partial charge is 0.255 e. The molecule has 1 aromatic carbocycles. The van der Waals surface area contributed by atoms with Crippen molar-refractivity contribution in [3.8, 4) is 5.75 Å². The lowest BCUT2D eigenvalue weighted by molar-refractivity contribution is 0.102. The van der Waals surface area contributed by atoms with Gasteiger partial charge in [0, 0.05) is 18.0 Å². The van der Waals surface area contributed by atoms with Gasteiger partial charge in [0.05, 0.1) is 16.8 Å². The molecule has 4 nitrogen and oxygen atoms in total. The average Bonchev–Trinajstić information content (AvgIpc) is 2.50. The van der Waals surface area contributed by atoms with E-state index in [0.717, 1.165) is 23.1 Å². The molecule has 0 aliphatic carbocycles. The van der Waals surface area contributed by atoms with Crippen LogP contribution in [0, 0.1) is 0 Å². The number of rotatable bonds is 6. The lowest BCUT2D eigenvalue weighted by Crippen LogP contribution is -2.12. The lowest BCUT2D eigenvalue weighted by Gasteiger charge is -2.08. The Kier molecular flexibility index (Phi) is 5.75. The Labute approximate surface area is 132 Å². The van der Waals surface area contributed by atoms with Crippen molar-refractivity contribution < 1.29 is 9.53 Å². The largest absolute Gasteiger partial charge is 0.494 e. The van der Waals surface area contributed by atoms with E-state index in [0.29, 0.717) is 17.9 Å². The average molecular weight is 349 g/mol. The number of carbonyl (C=O) groups is 1. The van der Waals surface area contributed by atoms with E-state index in [2.05, 4.69) is 33.2 Å². The summed E-state index contributed by atoms with van der Waals surface area (Å²) in [7, 11) is 0. The van der Waals surface area contributed by atoms with Gasteiger partial charge in [-0.05, 0) is 52.7 Å². The molecule has 0 unspecified atom stereocenters. The number of halogens is 1. The molecular formula is C16H17BrN2O2. The van der Waals surface area contributed by atoms with E-state index in [4.69, 9.17) is 4.74 Å². The second-order valence-electron chi connectivity index (χ2n) is 4.54. The number of nitrogens with one attached hydrogen (secondary N) is 1. The number of hydrogen-bond donors (Lipinski definition) is 1. The Morgan fingerprint density at radius 2 is 2.05 bits per heavy atom. The van der Waals surface area contributed by atoms with Crippen LogP contribution in [0.5, 0.6) is 5.75 Å². The summed E-state index contributed by atoms with van der Waals surface area (Å²) in [4.78, 5) is 16.1. The Morgan fingerprint density at radius 1 is 1.29 bits per heavy atom. The molecule has 1 heterocycles. The predicted molar refractivity (Wildman–Crippen MR) is 86.7 cm³/mol. The standard InChI is InChI=1S/C16H17BrN2O2/c1-2-3-10-21-13-6-4-12(5-7-13)16(20)19-15-8-9-18-11-14(15)17/h4-9,11H,2-3,10H2,1H3,(H,18,19,20). The van der Waals surface area contributed by atoms with Gasteiger partial charge in [0.2, 0.25) is 0 Å². The summed E-state index contributed by atoms with van der Waals surface area (Å²) in [5.74, 6) is 0.618. The number of carbonyl (C=O) groups excluding carboxylic acids is 1. The molecule has 0 bridgehead atoms. The van der Waals surface area contributed by atoms with Crippen LogP contribution in [0.25, 0.3) is 0 Å². The highest BCUT2D eigenvalue weighted by Gasteiger charge is 2.08. The van der Waals surface area contributed by atoms with Crippen LogP contribution < -0.4 is 10.1 Å². The van der Waals surface area contributed by atoms with Gasteiger partial charge in [0.25, 0.3) is 5.91 Å². The quantitative estimate of drug-likeness (QED) is 0.792. The summed E-state index contributed by atoms with van der Waals surface area (Å²) in [5.41, 5.74) is 1.28. The highest BCUT2D eigenvalue weighted by atomic mass is 79.9.